The third-order valence-corrected chi connectivity index (χ3v) is 2.82. The molecule has 0 spiro atoms. The largest absolute Gasteiger partial charge is 0.355 e. The van der Waals surface area contributed by atoms with Gasteiger partial charge in [0.25, 0.3) is 0 Å². The normalized spacial score (nSPS) is 12.3. The molecule has 0 radical (unpaired) electrons. The maximum Gasteiger partial charge on any atom is 0.236 e. The summed E-state index contributed by atoms with van der Waals surface area (Å²) in [6, 6.07) is 1.74. The summed E-state index contributed by atoms with van der Waals surface area (Å²) in [6.07, 6.45) is 7.07. The Morgan fingerprint density at radius 1 is 1.39 bits per heavy atom. The molecule has 1 aromatic rings. The summed E-state index contributed by atoms with van der Waals surface area (Å²) >= 11 is 0. The summed E-state index contributed by atoms with van der Waals surface area (Å²) in [5.41, 5.74) is 0. The van der Waals surface area contributed by atoms with Gasteiger partial charge in [0.1, 0.15) is 0 Å². The van der Waals surface area contributed by atoms with Crippen LogP contribution in [0.1, 0.15) is 33.1 Å². The quantitative estimate of drug-likeness (QED) is 0.649. The van der Waals surface area contributed by atoms with Gasteiger partial charge in [0.2, 0.25) is 5.91 Å². The van der Waals surface area contributed by atoms with Gasteiger partial charge in [0, 0.05) is 25.5 Å². The maximum absolute atomic E-state index is 11.7. The Labute approximate surface area is 109 Å². The van der Waals surface area contributed by atoms with E-state index in [-0.39, 0.29) is 11.9 Å². The molecule has 1 atom stereocenters. The zero-order valence-corrected chi connectivity index (χ0v) is 11.4. The third kappa shape index (κ3) is 5.82. The highest BCUT2D eigenvalue weighted by molar-refractivity contribution is 5.81. The number of nitrogens with zero attached hydrogens (tertiary/aromatic N) is 2. The van der Waals surface area contributed by atoms with Crippen LogP contribution in [0.25, 0.3) is 0 Å². The van der Waals surface area contributed by atoms with Crippen molar-refractivity contribution in [1.82, 2.24) is 20.4 Å². The van der Waals surface area contributed by atoms with Crippen molar-refractivity contribution in [2.45, 2.75) is 45.7 Å². The molecule has 0 aliphatic rings. The van der Waals surface area contributed by atoms with E-state index in [4.69, 9.17) is 0 Å². The number of carbonyl (C=O) groups is 1. The molecule has 1 aromatic heterocycles. The fraction of sp³-hybridized carbons (Fsp3) is 0.692. The molecule has 102 valence electrons. The molecule has 1 heterocycles. The van der Waals surface area contributed by atoms with Crippen molar-refractivity contribution in [1.29, 1.82) is 0 Å². The van der Waals surface area contributed by atoms with E-state index in [1.54, 1.807) is 6.20 Å². The van der Waals surface area contributed by atoms with Crippen LogP contribution in [-0.2, 0) is 11.3 Å². The van der Waals surface area contributed by atoms with Gasteiger partial charge in [-0.2, -0.15) is 5.10 Å². The van der Waals surface area contributed by atoms with Crippen molar-refractivity contribution in [3.05, 3.63) is 18.5 Å². The monoisotopic (exact) mass is 252 g/mol. The van der Waals surface area contributed by atoms with Crippen LogP contribution in [-0.4, -0.2) is 34.8 Å². The SMILES string of the molecule is CCCCCNC(=O)C(C)NCCn1cccn1. The second-order valence-corrected chi connectivity index (χ2v) is 4.44. The van der Waals surface area contributed by atoms with Crippen LogP contribution in [0.4, 0.5) is 0 Å². The molecule has 1 amide bonds. The van der Waals surface area contributed by atoms with E-state index >= 15 is 0 Å². The molecular weight excluding hydrogens is 228 g/mol. The van der Waals surface area contributed by atoms with Crippen LogP contribution in [0.15, 0.2) is 18.5 Å². The van der Waals surface area contributed by atoms with Crippen molar-refractivity contribution < 1.29 is 4.79 Å². The maximum atomic E-state index is 11.7. The lowest BCUT2D eigenvalue weighted by atomic mass is 10.2. The van der Waals surface area contributed by atoms with E-state index in [0.717, 1.165) is 26.1 Å². The first-order valence-corrected chi connectivity index (χ1v) is 6.72. The van der Waals surface area contributed by atoms with E-state index in [0.29, 0.717) is 0 Å². The smallest absolute Gasteiger partial charge is 0.236 e. The summed E-state index contributed by atoms with van der Waals surface area (Å²) in [7, 11) is 0. The first-order chi connectivity index (χ1) is 8.74. The fourth-order valence-electron chi connectivity index (χ4n) is 1.66. The minimum Gasteiger partial charge on any atom is -0.355 e. The number of aromatic nitrogens is 2. The van der Waals surface area contributed by atoms with Gasteiger partial charge in [-0.05, 0) is 19.4 Å². The minimum atomic E-state index is -0.151. The van der Waals surface area contributed by atoms with E-state index < -0.39 is 0 Å². The van der Waals surface area contributed by atoms with E-state index in [2.05, 4.69) is 22.7 Å². The van der Waals surface area contributed by atoms with Gasteiger partial charge in [0.05, 0.1) is 12.6 Å². The third-order valence-electron chi connectivity index (χ3n) is 2.82. The highest BCUT2D eigenvalue weighted by atomic mass is 16.2. The molecular formula is C13H24N4O. The molecule has 18 heavy (non-hydrogen) atoms. The second-order valence-electron chi connectivity index (χ2n) is 4.44. The van der Waals surface area contributed by atoms with Crippen LogP contribution in [0.3, 0.4) is 0 Å². The van der Waals surface area contributed by atoms with Gasteiger partial charge in [-0.1, -0.05) is 19.8 Å². The Hall–Kier alpha value is -1.36. The summed E-state index contributed by atoms with van der Waals surface area (Å²) in [4.78, 5) is 11.7. The molecule has 0 aliphatic heterocycles. The Bertz CT molecular complexity index is 324. The molecule has 5 heteroatoms. The minimum absolute atomic E-state index is 0.0755. The number of unbranched alkanes of at least 4 members (excludes halogenated alkanes) is 2. The first-order valence-electron chi connectivity index (χ1n) is 6.72. The van der Waals surface area contributed by atoms with Gasteiger partial charge >= 0.3 is 0 Å². The summed E-state index contributed by atoms with van der Waals surface area (Å²) in [6.45, 7) is 6.34. The highest BCUT2D eigenvalue weighted by Gasteiger charge is 2.10. The average molecular weight is 252 g/mol. The fourth-order valence-corrected chi connectivity index (χ4v) is 1.66. The predicted octanol–water partition coefficient (Wildman–Crippen LogP) is 1.17. The summed E-state index contributed by atoms with van der Waals surface area (Å²) in [5, 5.41) is 10.2. The first kappa shape index (κ1) is 14.7. The Kier molecular flexibility index (Phi) is 7.10. The molecule has 0 saturated heterocycles. The number of rotatable bonds is 9. The zero-order chi connectivity index (χ0) is 13.2. The van der Waals surface area contributed by atoms with E-state index in [1.807, 2.05) is 23.9 Å². The van der Waals surface area contributed by atoms with Crippen LogP contribution in [0, 0.1) is 0 Å². The molecule has 0 bridgehead atoms. The number of hydrogen-bond donors (Lipinski definition) is 2. The number of hydrogen-bond acceptors (Lipinski definition) is 3. The van der Waals surface area contributed by atoms with Gasteiger partial charge < -0.3 is 10.6 Å². The molecule has 2 N–H and O–H groups in total. The molecule has 0 aliphatic carbocycles. The molecule has 1 rings (SSSR count). The predicted molar refractivity (Wildman–Crippen MR) is 72.2 cm³/mol. The molecule has 5 nitrogen and oxygen atoms in total. The van der Waals surface area contributed by atoms with Gasteiger partial charge in [-0.15, -0.1) is 0 Å². The number of carbonyl (C=O) groups excluding carboxylic acids is 1. The highest BCUT2D eigenvalue weighted by Crippen LogP contribution is 1.92. The van der Waals surface area contributed by atoms with Crippen molar-refractivity contribution in [2.75, 3.05) is 13.1 Å². The lowest BCUT2D eigenvalue weighted by Gasteiger charge is -2.13. The lowest BCUT2D eigenvalue weighted by Crippen LogP contribution is -2.43. The average Bonchev–Trinajstić information content (AvgIpc) is 2.87. The number of amides is 1. The topological polar surface area (TPSA) is 59.0 Å². The van der Waals surface area contributed by atoms with Gasteiger partial charge in [0.15, 0.2) is 0 Å². The summed E-state index contributed by atoms with van der Waals surface area (Å²) < 4.78 is 1.85. The summed E-state index contributed by atoms with van der Waals surface area (Å²) in [5.74, 6) is 0.0755. The standard InChI is InChI=1S/C13H24N4O/c1-3-4-5-7-15-13(18)12(2)14-9-11-17-10-6-8-16-17/h6,8,10,12,14H,3-5,7,9,11H2,1-2H3,(H,15,18). The Morgan fingerprint density at radius 2 is 2.22 bits per heavy atom. The van der Waals surface area contributed by atoms with E-state index in [9.17, 15) is 4.79 Å². The second kappa shape index (κ2) is 8.69. The Morgan fingerprint density at radius 3 is 2.89 bits per heavy atom. The zero-order valence-electron chi connectivity index (χ0n) is 11.4. The van der Waals surface area contributed by atoms with Crippen molar-refractivity contribution in [3.8, 4) is 0 Å². The van der Waals surface area contributed by atoms with E-state index in [1.165, 1.54) is 12.8 Å². The Balaban J connectivity index is 2.08. The molecule has 0 aromatic carbocycles. The van der Waals surface area contributed by atoms with Crippen molar-refractivity contribution in [2.24, 2.45) is 0 Å². The van der Waals surface area contributed by atoms with Crippen molar-refractivity contribution in [3.63, 3.8) is 0 Å². The number of nitrogens with one attached hydrogen (secondary N) is 2. The van der Waals surface area contributed by atoms with Gasteiger partial charge in [-0.25, -0.2) is 0 Å². The van der Waals surface area contributed by atoms with Crippen LogP contribution < -0.4 is 10.6 Å². The van der Waals surface area contributed by atoms with Gasteiger partial charge in [-0.3, -0.25) is 9.48 Å². The van der Waals surface area contributed by atoms with Crippen molar-refractivity contribution >= 4 is 5.91 Å². The molecule has 0 fully saturated rings. The van der Waals surface area contributed by atoms with Crippen LogP contribution in [0.5, 0.6) is 0 Å². The van der Waals surface area contributed by atoms with Crippen LogP contribution in [0.2, 0.25) is 0 Å². The molecule has 0 saturated carbocycles. The van der Waals surface area contributed by atoms with Crippen LogP contribution >= 0.6 is 0 Å². The molecule has 1 unspecified atom stereocenters. The lowest BCUT2D eigenvalue weighted by molar-refractivity contribution is -0.122.